The third-order valence-corrected chi connectivity index (χ3v) is 6.69. The second-order valence-electron chi connectivity index (χ2n) is 9.24. The first-order chi connectivity index (χ1) is 18.0. The molecule has 0 radical (unpaired) electrons. The Bertz CT molecular complexity index is 1380. The molecule has 0 bridgehead atoms. The molecule has 2 aromatic heterocycles. The molecule has 2 fully saturated rings. The molecule has 1 aromatic carbocycles. The SMILES string of the molecule is COc1ccc2ncc(F)c(N3CC(CNC[C@@H]4CN(c5ccc6c(c5)NC(=O)CO6)C(=O)O4)C3)c2n1. The van der Waals surface area contributed by atoms with Crippen LogP contribution >= 0.6 is 0 Å². The molecule has 11 nitrogen and oxygen atoms in total. The highest BCUT2D eigenvalue weighted by atomic mass is 19.1. The highest BCUT2D eigenvalue weighted by molar-refractivity contribution is 5.97. The maximum absolute atomic E-state index is 14.7. The third-order valence-electron chi connectivity index (χ3n) is 6.69. The summed E-state index contributed by atoms with van der Waals surface area (Å²) >= 11 is 0. The summed E-state index contributed by atoms with van der Waals surface area (Å²) in [5.41, 5.74) is 2.69. The van der Waals surface area contributed by atoms with E-state index in [-0.39, 0.29) is 18.6 Å². The molecule has 6 rings (SSSR count). The minimum Gasteiger partial charge on any atom is -0.482 e. The Morgan fingerprint density at radius 3 is 2.89 bits per heavy atom. The van der Waals surface area contributed by atoms with Gasteiger partial charge in [-0.1, -0.05) is 0 Å². The molecular formula is C25H25FN6O5. The zero-order valence-electron chi connectivity index (χ0n) is 20.1. The van der Waals surface area contributed by atoms with Crippen LogP contribution in [0.5, 0.6) is 11.6 Å². The molecule has 3 aliphatic heterocycles. The number of carbonyl (C=O) groups excluding carboxylic acids is 2. The standard InChI is InChI=1S/C25H25FN6O5/c1-35-22-5-3-18-23(30-22)24(17(26)9-28-18)31-10-14(11-31)7-27-8-16-12-32(25(34)37-16)15-2-4-20-19(6-15)29-21(33)13-36-20/h2-6,9,14,16,27H,7-8,10-13H2,1H3,(H,29,33)/t16-/m1/s1. The van der Waals surface area contributed by atoms with Crippen LogP contribution in [-0.4, -0.2) is 74.5 Å². The summed E-state index contributed by atoms with van der Waals surface area (Å²) in [7, 11) is 1.52. The summed E-state index contributed by atoms with van der Waals surface area (Å²) in [6.45, 7) is 2.90. The quantitative estimate of drug-likeness (QED) is 0.495. The van der Waals surface area contributed by atoms with Gasteiger partial charge in [0, 0.05) is 43.9 Å². The normalized spacial score (nSPS) is 19.2. The number of hydrogen-bond donors (Lipinski definition) is 2. The van der Waals surface area contributed by atoms with Gasteiger partial charge < -0.3 is 29.7 Å². The first kappa shape index (κ1) is 23.2. The number of benzene rings is 1. The van der Waals surface area contributed by atoms with Crippen molar-refractivity contribution in [3.05, 3.63) is 42.3 Å². The number of cyclic esters (lactones) is 1. The topological polar surface area (TPSA) is 118 Å². The number of carbonyl (C=O) groups is 2. The van der Waals surface area contributed by atoms with Crippen molar-refractivity contribution in [3.8, 4) is 11.6 Å². The molecule has 2 amide bonds. The average Bonchev–Trinajstić information content (AvgIpc) is 3.25. The van der Waals surface area contributed by atoms with Gasteiger partial charge in [0.2, 0.25) is 5.88 Å². The van der Waals surface area contributed by atoms with Crippen LogP contribution in [0.3, 0.4) is 0 Å². The molecule has 0 spiro atoms. The fourth-order valence-electron chi connectivity index (χ4n) is 4.83. The predicted molar refractivity (Wildman–Crippen MR) is 133 cm³/mol. The molecule has 0 saturated carbocycles. The van der Waals surface area contributed by atoms with E-state index in [0.29, 0.717) is 78.4 Å². The van der Waals surface area contributed by atoms with Crippen LogP contribution < -0.4 is 29.9 Å². The molecule has 37 heavy (non-hydrogen) atoms. The van der Waals surface area contributed by atoms with E-state index >= 15 is 0 Å². The third kappa shape index (κ3) is 4.44. The number of methoxy groups -OCH3 is 1. The van der Waals surface area contributed by atoms with Crippen LogP contribution in [0, 0.1) is 11.7 Å². The molecule has 3 aromatic rings. The minimum atomic E-state index is -0.437. The van der Waals surface area contributed by atoms with E-state index in [4.69, 9.17) is 14.2 Å². The largest absolute Gasteiger partial charge is 0.482 e. The Kier molecular flexibility index (Phi) is 5.87. The van der Waals surface area contributed by atoms with Gasteiger partial charge in [-0.2, -0.15) is 0 Å². The number of anilines is 3. The van der Waals surface area contributed by atoms with Gasteiger partial charge in [-0.05, 0) is 24.3 Å². The number of pyridine rings is 2. The number of aromatic nitrogens is 2. The lowest BCUT2D eigenvalue weighted by molar-refractivity contribution is -0.118. The molecule has 0 aliphatic carbocycles. The Morgan fingerprint density at radius 2 is 2.05 bits per heavy atom. The Labute approximate surface area is 211 Å². The van der Waals surface area contributed by atoms with E-state index < -0.39 is 11.9 Å². The minimum absolute atomic E-state index is 0.0235. The summed E-state index contributed by atoms with van der Waals surface area (Å²) in [5.74, 6) is 0.643. The Morgan fingerprint density at radius 1 is 1.19 bits per heavy atom. The highest BCUT2D eigenvalue weighted by Crippen LogP contribution is 2.34. The maximum Gasteiger partial charge on any atom is 0.414 e. The van der Waals surface area contributed by atoms with Crippen LogP contribution in [0.15, 0.2) is 36.5 Å². The van der Waals surface area contributed by atoms with Crippen LogP contribution in [0.1, 0.15) is 0 Å². The monoisotopic (exact) mass is 508 g/mol. The van der Waals surface area contributed by atoms with Crippen molar-refractivity contribution < 1.29 is 28.2 Å². The molecule has 2 saturated heterocycles. The number of amides is 2. The van der Waals surface area contributed by atoms with Gasteiger partial charge in [-0.15, -0.1) is 0 Å². The van der Waals surface area contributed by atoms with Gasteiger partial charge in [-0.25, -0.2) is 14.2 Å². The van der Waals surface area contributed by atoms with E-state index in [2.05, 4.69) is 20.6 Å². The van der Waals surface area contributed by atoms with Crippen LogP contribution in [-0.2, 0) is 9.53 Å². The van der Waals surface area contributed by atoms with Crippen LogP contribution in [0.25, 0.3) is 11.0 Å². The first-order valence-corrected chi connectivity index (χ1v) is 12.0. The van der Waals surface area contributed by atoms with Crippen molar-refractivity contribution >= 4 is 40.1 Å². The van der Waals surface area contributed by atoms with Crippen molar-refractivity contribution in [3.63, 3.8) is 0 Å². The predicted octanol–water partition coefficient (Wildman–Crippen LogP) is 2.16. The van der Waals surface area contributed by atoms with Crippen molar-refractivity contribution in [2.24, 2.45) is 5.92 Å². The first-order valence-electron chi connectivity index (χ1n) is 12.0. The highest BCUT2D eigenvalue weighted by Gasteiger charge is 2.34. The van der Waals surface area contributed by atoms with Gasteiger partial charge in [0.15, 0.2) is 12.4 Å². The second kappa shape index (κ2) is 9.36. The van der Waals surface area contributed by atoms with Crippen LogP contribution in [0.2, 0.25) is 0 Å². The van der Waals surface area contributed by atoms with E-state index in [0.717, 1.165) is 0 Å². The van der Waals surface area contributed by atoms with Crippen LogP contribution in [0.4, 0.5) is 26.2 Å². The summed E-state index contributed by atoms with van der Waals surface area (Å²) in [5, 5.41) is 6.12. The van der Waals surface area contributed by atoms with Crippen molar-refractivity contribution in [2.45, 2.75) is 6.10 Å². The van der Waals surface area contributed by atoms with Gasteiger partial charge >= 0.3 is 6.09 Å². The lowest BCUT2D eigenvalue weighted by atomic mass is 9.98. The Hall–Kier alpha value is -4.19. The van der Waals surface area contributed by atoms with Gasteiger partial charge in [0.25, 0.3) is 5.91 Å². The molecule has 0 unspecified atom stereocenters. The zero-order chi connectivity index (χ0) is 25.5. The Balaban J connectivity index is 1.02. The van der Waals surface area contributed by atoms with Gasteiger partial charge in [-0.3, -0.25) is 14.7 Å². The van der Waals surface area contributed by atoms with E-state index in [1.54, 1.807) is 30.3 Å². The molecule has 12 heteroatoms. The average molecular weight is 509 g/mol. The number of rotatable bonds is 7. The fourth-order valence-corrected chi connectivity index (χ4v) is 4.83. The van der Waals surface area contributed by atoms with Gasteiger partial charge in [0.05, 0.1) is 31.1 Å². The number of halogens is 1. The van der Waals surface area contributed by atoms with E-state index in [1.165, 1.54) is 18.2 Å². The number of nitrogens with one attached hydrogen (secondary N) is 2. The smallest absolute Gasteiger partial charge is 0.414 e. The lowest BCUT2D eigenvalue weighted by Crippen LogP contribution is -2.52. The van der Waals surface area contributed by atoms with Crippen molar-refractivity contribution in [1.82, 2.24) is 15.3 Å². The summed E-state index contributed by atoms with van der Waals surface area (Å²) < 4.78 is 30.7. The number of ether oxygens (including phenoxy) is 3. The zero-order valence-corrected chi connectivity index (χ0v) is 20.1. The fraction of sp³-hybridized carbons (Fsp3) is 0.360. The van der Waals surface area contributed by atoms with Crippen molar-refractivity contribution in [2.75, 3.05) is 61.6 Å². The van der Waals surface area contributed by atoms with Gasteiger partial charge in [0.1, 0.15) is 23.1 Å². The molecule has 1 atom stereocenters. The molecule has 2 N–H and O–H groups in total. The molecule has 5 heterocycles. The summed E-state index contributed by atoms with van der Waals surface area (Å²) in [4.78, 5) is 36.1. The molecule has 3 aliphatic rings. The lowest BCUT2D eigenvalue weighted by Gasteiger charge is -2.41. The number of fused-ring (bicyclic) bond motifs is 2. The summed E-state index contributed by atoms with van der Waals surface area (Å²) in [6.07, 6.45) is 0.470. The number of hydrogen-bond acceptors (Lipinski definition) is 9. The van der Waals surface area contributed by atoms with E-state index in [1.807, 2.05) is 4.90 Å². The number of nitrogens with zero attached hydrogens (tertiary/aromatic N) is 4. The van der Waals surface area contributed by atoms with E-state index in [9.17, 15) is 14.0 Å². The molecule has 192 valence electrons. The van der Waals surface area contributed by atoms with Crippen molar-refractivity contribution in [1.29, 1.82) is 0 Å². The summed E-state index contributed by atoms with van der Waals surface area (Å²) in [6, 6.07) is 8.67. The maximum atomic E-state index is 14.7. The second-order valence-corrected chi connectivity index (χ2v) is 9.24. The molecular weight excluding hydrogens is 483 g/mol.